The fourth-order valence-corrected chi connectivity index (χ4v) is 1.59. The van der Waals surface area contributed by atoms with E-state index in [1.54, 1.807) is 0 Å². The van der Waals surface area contributed by atoms with E-state index in [2.05, 4.69) is 10.6 Å². The zero-order valence-corrected chi connectivity index (χ0v) is 11.4. The van der Waals surface area contributed by atoms with Crippen molar-refractivity contribution >= 4 is 17.5 Å². The third-order valence-corrected chi connectivity index (χ3v) is 2.48. The first-order valence-electron chi connectivity index (χ1n) is 6.48. The molecule has 0 saturated carbocycles. The van der Waals surface area contributed by atoms with Gasteiger partial charge in [-0.2, -0.15) is 0 Å². The van der Waals surface area contributed by atoms with Crippen LogP contribution in [0, 0.1) is 0 Å². The number of rotatable bonds is 11. The van der Waals surface area contributed by atoms with Gasteiger partial charge in [0.05, 0.1) is 12.8 Å². The van der Waals surface area contributed by atoms with Gasteiger partial charge in [0.15, 0.2) is 0 Å². The van der Waals surface area contributed by atoms with E-state index in [1.165, 1.54) is 6.92 Å². The van der Waals surface area contributed by atoms with Gasteiger partial charge in [-0.1, -0.05) is 12.8 Å². The molecule has 0 bridgehead atoms. The number of ketones is 2. The van der Waals surface area contributed by atoms with Crippen LogP contribution in [-0.2, 0) is 14.4 Å². The Labute approximate surface area is 109 Å². The molecule has 0 spiro atoms. The quantitative estimate of drug-likeness (QED) is 0.424. The molecule has 1 amide bonds. The minimum absolute atomic E-state index is 0.141. The molecule has 0 unspecified atom stereocenters. The van der Waals surface area contributed by atoms with Gasteiger partial charge in [-0.3, -0.25) is 14.4 Å². The van der Waals surface area contributed by atoms with E-state index >= 15 is 0 Å². The number of carbonyl (C=O) groups is 3. The summed E-state index contributed by atoms with van der Waals surface area (Å²) in [7, 11) is 1.93. The normalized spacial score (nSPS) is 10.1. The first-order valence-corrected chi connectivity index (χ1v) is 6.48. The van der Waals surface area contributed by atoms with Gasteiger partial charge in [0.1, 0.15) is 11.6 Å². The molecule has 0 aromatic rings. The predicted molar refractivity (Wildman–Crippen MR) is 70.3 cm³/mol. The summed E-state index contributed by atoms with van der Waals surface area (Å²) in [5.74, 6) is -0.789. The summed E-state index contributed by atoms with van der Waals surface area (Å²) in [6.07, 6.45) is 3.96. The number of hydrogen-bond donors (Lipinski definition) is 2. The summed E-state index contributed by atoms with van der Waals surface area (Å²) in [6, 6.07) is 0. The number of nitrogens with one attached hydrogen (secondary N) is 2. The van der Waals surface area contributed by atoms with Gasteiger partial charge in [-0.05, 0) is 33.4 Å². The van der Waals surface area contributed by atoms with E-state index in [0.717, 1.165) is 32.2 Å². The molecule has 18 heavy (non-hydrogen) atoms. The van der Waals surface area contributed by atoms with E-state index in [-0.39, 0.29) is 30.3 Å². The smallest absolute Gasteiger partial charge is 0.227 e. The van der Waals surface area contributed by atoms with E-state index in [9.17, 15) is 14.4 Å². The Bertz CT molecular complexity index is 277. The standard InChI is InChI=1S/C13H24N2O3/c1-11(16)9-12(17)10-13(18)15-8-6-4-3-5-7-14-2/h14H,3-10H2,1-2H3,(H,15,18). The molecule has 0 aliphatic rings. The lowest BCUT2D eigenvalue weighted by molar-refractivity contribution is -0.130. The van der Waals surface area contributed by atoms with E-state index in [1.807, 2.05) is 7.05 Å². The number of hydrogen-bond acceptors (Lipinski definition) is 4. The van der Waals surface area contributed by atoms with Crippen molar-refractivity contribution in [2.75, 3.05) is 20.1 Å². The minimum Gasteiger partial charge on any atom is -0.356 e. The molecule has 0 radical (unpaired) electrons. The van der Waals surface area contributed by atoms with E-state index in [4.69, 9.17) is 0 Å². The summed E-state index contributed by atoms with van der Waals surface area (Å²) in [4.78, 5) is 33.2. The molecule has 5 nitrogen and oxygen atoms in total. The van der Waals surface area contributed by atoms with Crippen LogP contribution in [0.5, 0.6) is 0 Å². The van der Waals surface area contributed by atoms with Crippen molar-refractivity contribution in [3.05, 3.63) is 0 Å². The average Bonchev–Trinajstić information content (AvgIpc) is 2.26. The van der Waals surface area contributed by atoms with Crippen LogP contribution in [-0.4, -0.2) is 37.6 Å². The van der Waals surface area contributed by atoms with Gasteiger partial charge < -0.3 is 10.6 Å². The molecule has 5 heteroatoms. The van der Waals surface area contributed by atoms with Crippen LogP contribution in [0.15, 0.2) is 0 Å². The van der Waals surface area contributed by atoms with Crippen LogP contribution in [0.25, 0.3) is 0 Å². The Hall–Kier alpha value is -1.23. The zero-order chi connectivity index (χ0) is 13.8. The highest BCUT2D eigenvalue weighted by atomic mass is 16.2. The van der Waals surface area contributed by atoms with E-state index < -0.39 is 0 Å². The first-order chi connectivity index (χ1) is 8.56. The number of Topliss-reactive ketones (excluding diaryl/α,β-unsaturated/α-hetero) is 2. The highest BCUT2D eigenvalue weighted by Gasteiger charge is 2.10. The fourth-order valence-electron chi connectivity index (χ4n) is 1.59. The van der Waals surface area contributed by atoms with Gasteiger partial charge in [-0.15, -0.1) is 0 Å². The Kier molecular flexibility index (Phi) is 10.2. The summed E-state index contributed by atoms with van der Waals surface area (Å²) in [5, 5.41) is 5.77. The Morgan fingerprint density at radius 1 is 0.889 bits per heavy atom. The zero-order valence-electron chi connectivity index (χ0n) is 11.4. The highest BCUT2D eigenvalue weighted by molar-refractivity contribution is 6.06. The Morgan fingerprint density at radius 3 is 2.06 bits per heavy atom. The lowest BCUT2D eigenvalue weighted by atomic mass is 10.1. The van der Waals surface area contributed by atoms with Crippen LogP contribution < -0.4 is 10.6 Å². The SMILES string of the molecule is CNCCCCCCNC(=O)CC(=O)CC(C)=O. The summed E-state index contributed by atoms with van der Waals surface area (Å²) < 4.78 is 0. The molecule has 0 aromatic heterocycles. The Morgan fingerprint density at radius 2 is 1.50 bits per heavy atom. The predicted octanol–water partition coefficient (Wildman–Crippen LogP) is 0.821. The molecular formula is C13H24N2O3. The number of carbonyl (C=O) groups excluding carboxylic acids is 3. The van der Waals surface area contributed by atoms with Crippen LogP contribution in [0.1, 0.15) is 45.4 Å². The van der Waals surface area contributed by atoms with Crippen molar-refractivity contribution in [2.45, 2.75) is 45.4 Å². The minimum atomic E-state index is -0.311. The molecule has 0 aliphatic heterocycles. The second-order valence-corrected chi connectivity index (χ2v) is 4.46. The maximum atomic E-state index is 11.3. The van der Waals surface area contributed by atoms with Crippen molar-refractivity contribution in [1.82, 2.24) is 10.6 Å². The molecule has 2 N–H and O–H groups in total. The van der Waals surface area contributed by atoms with Crippen LogP contribution >= 0.6 is 0 Å². The van der Waals surface area contributed by atoms with Crippen LogP contribution in [0.4, 0.5) is 0 Å². The van der Waals surface area contributed by atoms with E-state index in [0.29, 0.717) is 6.54 Å². The fraction of sp³-hybridized carbons (Fsp3) is 0.769. The summed E-state index contributed by atoms with van der Waals surface area (Å²) in [5.41, 5.74) is 0. The molecule has 0 rings (SSSR count). The molecule has 0 aromatic carbocycles. The maximum Gasteiger partial charge on any atom is 0.227 e. The third kappa shape index (κ3) is 11.3. The molecule has 0 aliphatic carbocycles. The lowest BCUT2D eigenvalue weighted by Crippen LogP contribution is -2.27. The van der Waals surface area contributed by atoms with Crippen LogP contribution in [0.3, 0.4) is 0 Å². The van der Waals surface area contributed by atoms with Crippen molar-refractivity contribution in [1.29, 1.82) is 0 Å². The molecule has 0 heterocycles. The molecule has 0 fully saturated rings. The molecular weight excluding hydrogens is 232 g/mol. The Balaban J connectivity index is 3.42. The lowest BCUT2D eigenvalue weighted by Gasteiger charge is -2.04. The second-order valence-electron chi connectivity index (χ2n) is 4.46. The van der Waals surface area contributed by atoms with Crippen molar-refractivity contribution in [3.63, 3.8) is 0 Å². The monoisotopic (exact) mass is 256 g/mol. The summed E-state index contributed by atoms with van der Waals surface area (Å²) in [6.45, 7) is 2.97. The maximum absolute atomic E-state index is 11.3. The van der Waals surface area contributed by atoms with Crippen molar-refractivity contribution < 1.29 is 14.4 Å². The van der Waals surface area contributed by atoms with Crippen LogP contribution in [0.2, 0.25) is 0 Å². The molecule has 0 saturated heterocycles. The highest BCUT2D eigenvalue weighted by Crippen LogP contribution is 1.98. The van der Waals surface area contributed by atoms with Gasteiger partial charge in [-0.25, -0.2) is 0 Å². The number of amides is 1. The third-order valence-electron chi connectivity index (χ3n) is 2.48. The van der Waals surface area contributed by atoms with Gasteiger partial charge in [0.25, 0.3) is 0 Å². The largest absolute Gasteiger partial charge is 0.356 e. The first kappa shape index (κ1) is 16.8. The molecule has 0 atom stereocenters. The molecule has 104 valence electrons. The van der Waals surface area contributed by atoms with Crippen molar-refractivity contribution in [3.8, 4) is 0 Å². The topological polar surface area (TPSA) is 75.3 Å². The van der Waals surface area contributed by atoms with Gasteiger partial charge >= 0.3 is 0 Å². The van der Waals surface area contributed by atoms with Crippen molar-refractivity contribution in [2.24, 2.45) is 0 Å². The second kappa shape index (κ2) is 10.9. The number of unbranched alkanes of at least 4 members (excludes halogenated alkanes) is 3. The van der Waals surface area contributed by atoms with Gasteiger partial charge in [0, 0.05) is 6.54 Å². The average molecular weight is 256 g/mol. The van der Waals surface area contributed by atoms with Gasteiger partial charge in [0.2, 0.25) is 5.91 Å². The summed E-state index contributed by atoms with van der Waals surface area (Å²) >= 11 is 0.